The first-order valence-electron chi connectivity index (χ1n) is 4.38. The van der Waals surface area contributed by atoms with Gasteiger partial charge in [-0.25, -0.2) is 9.98 Å². The molecule has 1 aromatic heterocycles. The molecule has 0 radical (unpaired) electrons. The van der Waals surface area contributed by atoms with E-state index in [9.17, 15) is 0 Å². The van der Waals surface area contributed by atoms with E-state index in [4.69, 9.17) is 0 Å². The molecule has 0 fully saturated rings. The van der Waals surface area contributed by atoms with Crippen molar-refractivity contribution in [2.24, 2.45) is 4.99 Å². The minimum atomic E-state index is 0.733. The molecule has 0 amide bonds. The van der Waals surface area contributed by atoms with E-state index in [1.54, 1.807) is 18.5 Å². The largest absolute Gasteiger partial charge is 0.236 e. The van der Waals surface area contributed by atoms with Crippen LogP contribution in [0.1, 0.15) is 18.1 Å². The maximum atomic E-state index is 4.25. The summed E-state index contributed by atoms with van der Waals surface area (Å²) >= 11 is 0. The highest BCUT2D eigenvalue weighted by Gasteiger charge is 2.02. The predicted molar refractivity (Wildman–Crippen MR) is 59.6 cm³/mol. The summed E-state index contributed by atoms with van der Waals surface area (Å²) in [6.45, 7) is 5.84. The van der Waals surface area contributed by atoms with Gasteiger partial charge in [0.25, 0.3) is 0 Å². The fourth-order valence-corrected chi connectivity index (χ4v) is 1.21. The molecular weight excluding hydrogens is 172 g/mol. The van der Waals surface area contributed by atoms with Crippen LogP contribution < -0.4 is 0 Å². The summed E-state index contributed by atoms with van der Waals surface area (Å²) in [7, 11) is 0. The first kappa shape index (κ1) is 8.67. The molecule has 0 spiro atoms. The molecule has 0 aromatic carbocycles. The van der Waals surface area contributed by atoms with Crippen molar-refractivity contribution >= 4 is 23.7 Å². The molecule has 2 heterocycles. The fraction of sp³-hybridized carbons (Fsp3) is 0.0833. The Morgan fingerprint density at radius 2 is 2.36 bits per heavy atom. The van der Waals surface area contributed by atoms with E-state index in [1.807, 2.05) is 19.1 Å². The number of hydrogen-bond donors (Lipinski definition) is 0. The summed E-state index contributed by atoms with van der Waals surface area (Å²) in [5.74, 6) is 0.733. The van der Waals surface area contributed by atoms with Crippen LogP contribution in [0.4, 0.5) is 5.82 Å². The minimum Gasteiger partial charge on any atom is -0.236 e. The molecule has 2 rings (SSSR count). The molecular formula is C12H10N2. The second kappa shape index (κ2) is 3.44. The van der Waals surface area contributed by atoms with Gasteiger partial charge >= 0.3 is 0 Å². The number of pyridine rings is 1. The molecule has 0 aliphatic carbocycles. The van der Waals surface area contributed by atoms with Gasteiger partial charge in [0.1, 0.15) is 0 Å². The number of aliphatic imine (C=N–C) groups is 1. The molecule has 0 bridgehead atoms. The predicted octanol–water partition coefficient (Wildman–Crippen LogP) is 3.00. The first-order valence-corrected chi connectivity index (χ1v) is 4.38. The Morgan fingerprint density at radius 1 is 1.50 bits per heavy atom. The Morgan fingerprint density at radius 3 is 3.14 bits per heavy atom. The zero-order chi connectivity index (χ0) is 9.97. The number of nitrogens with zero attached hydrogens (tertiary/aromatic N) is 2. The van der Waals surface area contributed by atoms with Crippen LogP contribution in [0, 0.1) is 0 Å². The molecule has 1 aromatic rings. The molecule has 0 saturated carbocycles. The van der Waals surface area contributed by atoms with Gasteiger partial charge in [-0.1, -0.05) is 6.58 Å². The van der Waals surface area contributed by atoms with Crippen molar-refractivity contribution in [1.29, 1.82) is 0 Å². The first-order chi connectivity index (χ1) is 6.77. The van der Waals surface area contributed by atoms with E-state index in [0.29, 0.717) is 0 Å². The molecule has 0 N–H and O–H groups in total. The van der Waals surface area contributed by atoms with Gasteiger partial charge in [-0.2, -0.15) is 0 Å². The van der Waals surface area contributed by atoms with Gasteiger partial charge in [0.05, 0.1) is 0 Å². The Bertz CT molecular complexity index is 475. The number of hydrogen-bond acceptors (Lipinski definition) is 2. The van der Waals surface area contributed by atoms with Crippen LogP contribution in [0.15, 0.2) is 35.6 Å². The van der Waals surface area contributed by atoms with Gasteiger partial charge in [0.2, 0.25) is 0 Å². The summed E-state index contributed by atoms with van der Waals surface area (Å²) in [4.78, 5) is 8.42. The third-order valence-electron chi connectivity index (χ3n) is 1.99. The highest BCUT2D eigenvalue weighted by atomic mass is 14.9. The van der Waals surface area contributed by atoms with Gasteiger partial charge in [-0.3, -0.25) is 0 Å². The number of fused-ring (bicyclic) bond motifs is 1. The van der Waals surface area contributed by atoms with Crippen LogP contribution in [0.25, 0.3) is 11.6 Å². The van der Waals surface area contributed by atoms with Crippen LogP contribution in [0.2, 0.25) is 0 Å². The van der Waals surface area contributed by atoms with E-state index in [0.717, 1.165) is 22.5 Å². The molecule has 1 aliphatic heterocycles. The maximum absolute atomic E-state index is 4.25. The lowest BCUT2D eigenvalue weighted by atomic mass is 10.1. The third-order valence-corrected chi connectivity index (χ3v) is 1.99. The van der Waals surface area contributed by atoms with Crippen LogP contribution in [0.5, 0.6) is 0 Å². The van der Waals surface area contributed by atoms with Crippen molar-refractivity contribution in [1.82, 2.24) is 4.98 Å². The molecule has 2 nitrogen and oxygen atoms in total. The monoisotopic (exact) mass is 182 g/mol. The van der Waals surface area contributed by atoms with E-state index >= 15 is 0 Å². The quantitative estimate of drug-likeness (QED) is 0.613. The minimum absolute atomic E-state index is 0.733. The summed E-state index contributed by atoms with van der Waals surface area (Å²) in [5, 5.41) is 0. The SMILES string of the molecule is C=C(C)c1cnc2c(c1)C=C=CC=N2. The second-order valence-corrected chi connectivity index (χ2v) is 3.17. The van der Waals surface area contributed by atoms with Crippen LogP contribution in [-0.4, -0.2) is 11.2 Å². The fourth-order valence-electron chi connectivity index (χ4n) is 1.21. The van der Waals surface area contributed by atoms with E-state index in [2.05, 4.69) is 22.3 Å². The molecule has 0 saturated heterocycles. The van der Waals surface area contributed by atoms with Gasteiger partial charge in [0.15, 0.2) is 5.82 Å². The Balaban J connectivity index is 2.59. The average molecular weight is 182 g/mol. The number of rotatable bonds is 1. The summed E-state index contributed by atoms with van der Waals surface area (Å²) < 4.78 is 0. The molecule has 68 valence electrons. The molecule has 0 unspecified atom stereocenters. The summed E-state index contributed by atoms with van der Waals surface area (Å²) in [6, 6.07) is 2.02. The molecule has 2 heteroatoms. The van der Waals surface area contributed by atoms with Crippen LogP contribution >= 0.6 is 0 Å². The highest BCUT2D eigenvalue weighted by Crippen LogP contribution is 2.22. The third kappa shape index (κ3) is 1.56. The van der Waals surface area contributed by atoms with Gasteiger partial charge in [-0.05, 0) is 36.3 Å². The van der Waals surface area contributed by atoms with Crippen LogP contribution in [-0.2, 0) is 0 Å². The lowest BCUT2D eigenvalue weighted by Gasteiger charge is -2.02. The zero-order valence-corrected chi connectivity index (χ0v) is 7.99. The van der Waals surface area contributed by atoms with E-state index in [1.165, 1.54) is 0 Å². The molecule has 1 aliphatic rings. The normalized spacial score (nSPS) is 12.4. The van der Waals surface area contributed by atoms with Gasteiger partial charge in [0, 0.05) is 18.0 Å². The topological polar surface area (TPSA) is 25.2 Å². The van der Waals surface area contributed by atoms with Crippen molar-refractivity contribution in [3.63, 3.8) is 0 Å². The second-order valence-electron chi connectivity index (χ2n) is 3.17. The van der Waals surface area contributed by atoms with Crippen LogP contribution in [0.3, 0.4) is 0 Å². The van der Waals surface area contributed by atoms with E-state index in [-0.39, 0.29) is 0 Å². The van der Waals surface area contributed by atoms with Crippen molar-refractivity contribution in [2.75, 3.05) is 0 Å². The Labute approximate surface area is 83.0 Å². The molecule has 14 heavy (non-hydrogen) atoms. The lowest BCUT2D eigenvalue weighted by Crippen LogP contribution is -1.85. The Hall–Kier alpha value is -1.92. The summed E-state index contributed by atoms with van der Waals surface area (Å²) in [5.41, 5.74) is 6.03. The van der Waals surface area contributed by atoms with E-state index < -0.39 is 0 Å². The number of aromatic nitrogens is 1. The molecule has 0 atom stereocenters. The van der Waals surface area contributed by atoms with Gasteiger partial charge < -0.3 is 0 Å². The average Bonchev–Trinajstić information content (AvgIpc) is 2.41. The standard InChI is InChI=1S/C12H10N2/c1-9(2)11-7-10-5-3-4-6-13-12(10)14-8-11/h4-8H,1H2,2H3. The zero-order valence-electron chi connectivity index (χ0n) is 7.99. The maximum Gasteiger partial charge on any atom is 0.159 e. The van der Waals surface area contributed by atoms with Crippen molar-refractivity contribution in [2.45, 2.75) is 6.92 Å². The van der Waals surface area contributed by atoms with Crippen molar-refractivity contribution in [3.8, 4) is 0 Å². The van der Waals surface area contributed by atoms with Crippen molar-refractivity contribution < 1.29 is 0 Å². The summed E-state index contributed by atoms with van der Waals surface area (Å²) in [6.07, 6.45) is 7.12. The highest BCUT2D eigenvalue weighted by molar-refractivity contribution is 5.80. The number of allylic oxidation sites excluding steroid dienone is 2. The smallest absolute Gasteiger partial charge is 0.159 e. The Kier molecular flexibility index (Phi) is 2.13. The van der Waals surface area contributed by atoms with Gasteiger partial charge in [-0.15, -0.1) is 5.73 Å². The lowest BCUT2D eigenvalue weighted by molar-refractivity contribution is 1.25. The van der Waals surface area contributed by atoms with Crippen molar-refractivity contribution in [3.05, 3.63) is 41.8 Å².